The van der Waals surface area contributed by atoms with Crippen molar-refractivity contribution in [3.05, 3.63) is 23.9 Å². The summed E-state index contributed by atoms with van der Waals surface area (Å²) in [6.07, 6.45) is 0. The number of hydrogen-bond donors (Lipinski definition) is 1. The van der Waals surface area contributed by atoms with E-state index in [9.17, 15) is 13.2 Å². The van der Waals surface area contributed by atoms with E-state index in [2.05, 4.69) is 10.3 Å². The first kappa shape index (κ1) is 21.3. The minimum absolute atomic E-state index is 0.0759. The van der Waals surface area contributed by atoms with E-state index >= 15 is 0 Å². The lowest BCUT2D eigenvalue weighted by Gasteiger charge is -2.27. The molecule has 1 N–H and O–H groups in total. The van der Waals surface area contributed by atoms with E-state index < -0.39 is 10.0 Å². The molecule has 8 nitrogen and oxygen atoms in total. The van der Waals surface area contributed by atoms with Gasteiger partial charge in [0.25, 0.3) is 10.0 Å². The van der Waals surface area contributed by atoms with Gasteiger partial charge in [-0.25, -0.2) is 18.4 Å². The minimum atomic E-state index is -3.80. The Balaban J connectivity index is 2.59. The van der Waals surface area contributed by atoms with Crippen molar-refractivity contribution >= 4 is 32.4 Å². The van der Waals surface area contributed by atoms with Gasteiger partial charge in [-0.3, -0.25) is 4.79 Å². The van der Waals surface area contributed by atoms with Crippen molar-refractivity contribution in [3.8, 4) is 16.2 Å². The van der Waals surface area contributed by atoms with Crippen LogP contribution in [0, 0.1) is 6.92 Å². The highest BCUT2D eigenvalue weighted by Gasteiger charge is 2.29. The number of nitrogens with zero attached hydrogens (tertiary/aromatic N) is 3. The van der Waals surface area contributed by atoms with Gasteiger partial charge in [-0.15, -0.1) is 4.41 Å². The van der Waals surface area contributed by atoms with Crippen LogP contribution < -0.4 is 10.1 Å². The molecule has 0 radical (unpaired) electrons. The summed E-state index contributed by atoms with van der Waals surface area (Å²) in [4.78, 5) is 16.4. The van der Waals surface area contributed by atoms with Crippen molar-refractivity contribution in [1.82, 2.24) is 14.4 Å². The number of carbonyl (C=O) groups excluding carboxylic acids is 1. The van der Waals surface area contributed by atoms with Gasteiger partial charge in [0.15, 0.2) is 5.13 Å². The zero-order chi connectivity index (χ0) is 20.4. The SMILES string of the molecule is CCN(N(C)C)S(=O)(=O)c1cc(-c2sc(NC(C)=O)nc2C)ccc1OC. The fraction of sp³-hybridized carbons (Fsp3) is 0.412. The first-order chi connectivity index (χ1) is 12.6. The third-order valence-corrected chi connectivity index (χ3v) is 6.91. The van der Waals surface area contributed by atoms with Crippen LogP contribution >= 0.6 is 11.3 Å². The molecule has 0 fully saturated rings. The van der Waals surface area contributed by atoms with E-state index in [4.69, 9.17) is 4.74 Å². The number of methoxy groups -OCH3 is 1. The molecule has 0 aliphatic heterocycles. The van der Waals surface area contributed by atoms with E-state index in [0.29, 0.717) is 16.4 Å². The number of aryl methyl sites for hydroxylation is 1. The number of rotatable bonds is 7. The first-order valence-electron chi connectivity index (χ1n) is 8.25. The lowest BCUT2D eigenvalue weighted by molar-refractivity contribution is -0.114. The third kappa shape index (κ3) is 4.46. The topological polar surface area (TPSA) is 91.8 Å². The van der Waals surface area contributed by atoms with E-state index in [-0.39, 0.29) is 23.1 Å². The van der Waals surface area contributed by atoms with Crippen LogP contribution in [-0.2, 0) is 14.8 Å². The standard InChI is InChI=1S/C17H24N4O4S2/c1-7-21(20(4)5)27(23,24)15-10-13(8-9-14(15)25-6)16-11(2)18-17(26-16)19-12(3)22/h8-10H,7H2,1-6H3,(H,18,19,22). The normalized spacial score (nSPS) is 11.9. The van der Waals surface area contributed by atoms with Crippen molar-refractivity contribution in [2.24, 2.45) is 0 Å². The fourth-order valence-corrected chi connectivity index (χ4v) is 5.36. The Bertz CT molecular complexity index is 938. The molecule has 1 heterocycles. The molecule has 0 aliphatic carbocycles. The number of aromatic nitrogens is 1. The molecule has 0 bridgehead atoms. The predicted molar refractivity (Wildman–Crippen MR) is 106 cm³/mol. The minimum Gasteiger partial charge on any atom is -0.495 e. The van der Waals surface area contributed by atoms with Crippen LogP contribution in [0.25, 0.3) is 10.4 Å². The van der Waals surface area contributed by atoms with Gasteiger partial charge in [0.1, 0.15) is 10.6 Å². The number of sulfonamides is 1. The van der Waals surface area contributed by atoms with Crippen molar-refractivity contribution < 1.29 is 17.9 Å². The third-order valence-electron chi connectivity index (χ3n) is 3.78. The highest BCUT2D eigenvalue weighted by Crippen LogP contribution is 2.37. The fourth-order valence-electron chi connectivity index (χ4n) is 2.67. The van der Waals surface area contributed by atoms with Gasteiger partial charge in [-0.1, -0.05) is 11.3 Å². The Hall–Kier alpha value is -2.01. The Kier molecular flexibility index (Phi) is 6.58. The summed E-state index contributed by atoms with van der Waals surface area (Å²) in [6, 6.07) is 4.99. The molecule has 1 aromatic carbocycles. The van der Waals surface area contributed by atoms with Gasteiger partial charge in [0.2, 0.25) is 5.91 Å². The second-order valence-corrected chi connectivity index (χ2v) is 8.78. The molecule has 2 rings (SSSR count). The van der Waals surface area contributed by atoms with Crippen molar-refractivity contribution in [2.75, 3.05) is 33.1 Å². The van der Waals surface area contributed by atoms with Gasteiger partial charge in [-0.05, 0) is 37.6 Å². The van der Waals surface area contributed by atoms with Crippen LogP contribution in [0.2, 0.25) is 0 Å². The van der Waals surface area contributed by atoms with Gasteiger partial charge >= 0.3 is 0 Å². The highest BCUT2D eigenvalue weighted by atomic mass is 32.2. The average Bonchev–Trinajstić information content (AvgIpc) is 2.93. The number of nitrogens with one attached hydrogen (secondary N) is 1. The molecule has 1 amide bonds. The van der Waals surface area contributed by atoms with Gasteiger partial charge in [-0.2, -0.15) is 0 Å². The van der Waals surface area contributed by atoms with E-state index in [1.807, 2.05) is 6.92 Å². The lowest BCUT2D eigenvalue weighted by Crippen LogP contribution is -2.41. The maximum atomic E-state index is 13.1. The summed E-state index contributed by atoms with van der Waals surface area (Å²) in [5.41, 5.74) is 1.40. The smallest absolute Gasteiger partial charge is 0.259 e. The van der Waals surface area contributed by atoms with Gasteiger partial charge < -0.3 is 10.1 Å². The van der Waals surface area contributed by atoms with Gasteiger partial charge in [0, 0.05) is 27.6 Å². The van der Waals surface area contributed by atoms with E-state index in [1.54, 1.807) is 39.2 Å². The molecule has 27 heavy (non-hydrogen) atoms. The molecule has 0 atom stereocenters. The molecule has 0 unspecified atom stereocenters. The molecular weight excluding hydrogens is 388 g/mol. The summed E-state index contributed by atoms with van der Waals surface area (Å²) in [7, 11) is 0.979. The number of ether oxygens (including phenoxy) is 1. The van der Waals surface area contributed by atoms with Gasteiger partial charge in [0.05, 0.1) is 17.7 Å². The van der Waals surface area contributed by atoms with Crippen LogP contribution in [0.5, 0.6) is 5.75 Å². The maximum Gasteiger partial charge on any atom is 0.259 e. The van der Waals surface area contributed by atoms with Crippen LogP contribution in [-0.4, -0.2) is 56.5 Å². The first-order valence-corrected chi connectivity index (χ1v) is 10.5. The van der Waals surface area contributed by atoms with Crippen LogP contribution in [0.1, 0.15) is 19.5 Å². The monoisotopic (exact) mass is 412 g/mol. The molecule has 1 aromatic heterocycles. The molecule has 0 aliphatic rings. The molecule has 0 saturated heterocycles. The molecule has 0 saturated carbocycles. The lowest BCUT2D eigenvalue weighted by atomic mass is 10.1. The number of benzene rings is 1. The zero-order valence-electron chi connectivity index (χ0n) is 16.2. The quantitative estimate of drug-likeness (QED) is 0.703. The molecule has 10 heteroatoms. The molecule has 148 valence electrons. The number of thiazole rings is 1. The second-order valence-electron chi connectivity index (χ2n) is 5.97. The summed E-state index contributed by atoms with van der Waals surface area (Å²) in [6.45, 7) is 5.28. The Morgan fingerprint density at radius 1 is 1.33 bits per heavy atom. The summed E-state index contributed by atoms with van der Waals surface area (Å²) < 4.78 is 32.8. The zero-order valence-corrected chi connectivity index (χ0v) is 17.9. The Morgan fingerprint density at radius 3 is 2.52 bits per heavy atom. The van der Waals surface area contributed by atoms with Crippen LogP contribution in [0.4, 0.5) is 5.13 Å². The number of hydrogen-bond acceptors (Lipinski definition) is 7. The van der Waals surface area contributed by atoms with Crippen molar-refractivity contribution in [2.45, 2.75) is 25.7 Å². The van der Waals surface area contributed by atoms with Crippen molar-refractivity contribution in [3.63, 3.8) is 0 Å². The highest BCUT2D eigenvalue weighted by molar-refractivity contribution is 7.89. The molecule has 0 spiro atoms. The summed E-state index contributed by atoms with van der Waals surface area (Å²) >= 11 is 1.29. The number of carbonyl (C=O) groups is 1. The molecule has 2 aromatic rings. The Morgan fingerprint density at radius 2 is 2.00 bits per heavy atom. The summed E-state index contributed by atoms with van der Waals surface area (Å²) in [5, 5.41) is 4.65. The maximum absolute atomic E-state index is 13.1. The largest absolute Gasteiger partial charge is 0.495 e. The van der Waals surface area contributed by atoms with Crippen LogP contribution in [0.15, 0.2) is 23.1 Å². The second kappa shape index (κ2) is 8.34. The number of hydrazine groups is 1. The average molecular weight is 413 g/mol. The molecular formula is C17H24N4O4S2. The summed E-state index contributed by atoms with van der Waals surface area (Å²) in [5.74, 6) is 0.0566. The van der Waals surface area contributed by atoms with E-state index in [0.717, 1.165) is 4.88 Å². The number of amides is 1. The van der Waals surface area contributed by atoms with E-state index in [1.165, 1.54) is 34.8 Å². The predicted octanol–water partition coefficient (Wildman–Crippen LogP) is 2.57. The van der Waals surface area contributed by atoms with Crippen molar-refractivity contribution in [1.29, 1.82) is 0 Å². The Labute approximate surface area is 163 Å². The van der Waals surface area contributed by atoms with Crippen LogP contribution in [0.3, 0.4) is 0 Å². The number of anilines is 1.